The summed E-state index contributed by atoms with van der Waals surface area (Å²) in [5.41, 5.74) is 11.9. The van der Waals surface area contributed by atoms with Crippen LogP contribution in [0.25, 0.3) is 0 Å². The molecule has 0 radical (unpaired) electrons. The van der Waals surface area contributed by atoms with Gasteiger partial charge in [-0.2, -0.15) is 0 Å². The summed E-state index contributed by atoms with van der Waals surface area (Å²) in [7, 11) is 1.93. The first-order valence-electron chi connectivity index (χ1n) is 5.46. The van der Waals surface area contributed by atoms with E-state index in [1.165, 1.54) is 0 Å². The predicted octanol–water partition coefficient (Wildman–Crippen LogP) is 0.975. The molecular weight excluding hydrogens is 238 g/mol. The van der Waals surface area contributed by atoms with Gasteiger partial charge in [-0.25, -0.2) is 0 Å². The maximum Gasteiger partial charge on any atom is 0.219 e. The van der Waals surface area contributed by atoms with Gasteiger partial charge in [-0.15, -0.1) is 0 Å². The van der Waals surface area contributed by atoms with E-state index >= 15 is 0 Å². The predicted molar refractivity (Wildman–Crippen MR) is 69.6 cm³/mol. The molecule has 0 fully saturated rings. The van der Waals surface area contributed by atoms with Gasteiger partial charge in [-0.05, 0) is 24.7 Å². The Labute approximate surface area is 107 Å². The Morgan fingerprint density at radius 2 is 2.00 bits per heavy atom. The van der Waals surface area contributed by atoms with Crippen LogP contribution in [-0.2, 0) is 11.3 Å². The zero-order valence-electron chi connectivity index (χ0n) is 9.90. The van der Waals surface area contributed by atoms with Crippen LogP contribution in [0.5, 0.6) is 0 Å². The lowest BCUT2D eigenvalue weighted by Crippen LogP contribution is -2.40. The molecule has 1 aromatic carbocycles. The quantitative estimate of drug-likeness (QED) is 0.796. The second kappa shape index (κ2) is 6.59. The summed E-state index contributed by atoms with van der Waals surface area (Å²) < 4.78 is 0. The van der Waals surface area contributed by atoms with E-state index < -0.39 is 0 Å². The Bertz CT molecular complexity index is 367. The third-order valence-electron chi connectivity index (χ3n) is 2.68. The average Bonchev–Trinajstić information content (AvgIpc) is 2.28. The Morgan fingerprint density at radius 1 is 1.41 bits per heavy atom. The molecule has 0 aliphatic rings. The first-order valence-corrected chi connectivity index (χ1v) is 5.83. The molecule has 4 nitrogen and oxygen atoms in total. The summed E-state index contributed by atoms with van der Waals surface area (Å²) in [6, 6.07) is 7.57. The Morgan fingerprint density at radius 3 is 2.47 bits per heavy atom. The summed E-state index contributed by atoms with van der Waals surface area (Å²) in [5.74, 6) is -0.330. The van der Waals surface area contributed by atoms with E-state index in [0.29, 0.717) is 18.1 Å². The number of hydrogen-bond acceptors (Lipinski definition) is 3. The molecule has 1 unspecified atom stereocenters. The molecule has 1 aromatic rings. The smallest absolute Gasteiger partial charge is 0.219 e. The summed E-state index contributed by atoms with van der Waals surface area (Å²) in [6.45, 7) is 1.12. The monoisotopic (exact) mass is 255 g/mol. The molecule has 4 N–H and O–H groups in total. The highest BCUT2D eigenvalue weighted by Crippen LogP contribution is 2.12. The lowest BCUT2D eigenvalue weighted by atomic mass is 10.1. The third-order valence-corrected chi connectivity index (χ3v) is 2.93. The second-order valence-corrected chi connectivity index (χ2v) is 4.54. The van der Waals surface area contributed by atoms with Crippen molar-refractivity contribution in [3.8, 4) is 0 Å². The van der Waals surface area contributed by atoms with Crippen LogP contribution in [0.15, 0.2) is 24.3 Å². The van der Waals surface area contributed by atoms with Gasteiger partial charge in [0.15, 0.2) is 0 Å². The van der Waals surface area contributed by atoms with Gasteiger partial charge in [-0.3, -0.25) is 9.69 Å². The number of benzene rings is 1. The van der Waals surface area contributed by atoms with Crippen LogP contribution >= 0.6 is 11.6 Å². The molecule has 0 spiro atoms. The molecular formula is C12H18ClN3O. The van der Waals surface area contributed by atoms with Crippen molar-refractivity contribution in [1.82, 2.24) is 4.90 Å². The molecule has 0 aliphatic carbocycles. The van der Waals surface area contributed by atoms with Crippen molar-refractivity contribution in [2.24, 2.45) is 11.5 Å². The van der Waals surface area contributed by atoms with Gasteiger partial charge in [0, 0.05) is 30.6 Å². The topological polar surface area (TPSA) is 72.3 Å². The number of likely N-dealkylation sites (N-methyl/N-ethyl adjacent to an activating group) is 1. The van der Waals surface area contributed by atoms with Crippen molar-refractivity contribution in [1.29, 1.82) is 0 Å². The molecule has 1 atom stereocenters. The van der Waals surface area contributed by atoms with Crippen molar-refractivity contribution in [3.05, 3.63) is 34.9 Å². The van der Waals surface area contributed by atoms with Crippen molar-refractivity contribution in [2.75, 3.05) is 13.6 Å². The molecule has 1 amide bonds. The Balaban J connectivity index is 2.60. The molecule has 94 valence electrons. The molecule has 5 heteroatoms. The summed E-state index contributed by atoms with van der Waals surface area (Å²) in [4.78, 5) is 12.9. The van der Waals surface area contributed by atoms with E-state index in [4.69, 9.17) is 23.1 Å². The fraction of sp³-hybridized carbons (Fsp3) is 0.417. The number of nitrogens with zero attached hydrogens (tertiary/aromatic N) is 1. The van der Waals surface area contributed by atoms with Gasteiger partial charge < -0.3 is 11.5 Å². The highest BCUT2D eigenvalue weighted by atomic mass is 35.5. The number of primary amides is 1. The summed E-state index contributed by atoms with van der Waals surface area (Å²) in [5, 5.41) is 0.712. The number of carbonyl (C=O) groups is 1. The minimum atomic E-state index is -0.330. The maximum atomic E-state index is 10.9. The second-order valence-electron chi connectivity index (χ2n) is 4.10. The van der Waals surface area contributed by atoms with E-state index in [1.54, 1.807) is 0 Å². The van der Waals surface area contributed by atoms with Crippen molar-refractivity contribution < 1.29 is 4.79 Å². The molecule has 0 aliphatic heterocycles. The van der Waals surface area contributed by atoms with Crippen LogP contribution in [0, 0.1) is 0 Å². The molecule has 0 bridgehead atoms. The number of rotatable bonds is 6. The van der Waals surface area contributed by atoms with Gasteiger partial charge in [0.1, 0.15) is 0 Å². The first-order chi connectivity index (χ1) is 8.02. The zero-order chi connectivity index (χ0) is 12.8. The van der Waals surface area contributed by atoms with E-state index in [-0.39, 0.29) is 18.4 Å². The molecule has 0 saturated heterocycles. The Hall–Kier alpha value is -1.10. The van der Waals surface area contributed by atoms with Gasteiger partial charge in [0.2, 0.25) is 5.91 Å². The van der Waals surface area contributed by atoms with Crippen LogP contribution in [0.1, 0.15) is 12.0 Å². The normalized spacial score (nSPS) is 12.7. The highest BCUT2D eigenvalue weighted by molar-refractivity contribution is 6.30. The summed E-state index contributed by atoms with van der Waals surface area (Å²) >= 11 is 5.81. The largest absolute Gasteiger partial charge is 0.370 e. The molecule has 17 heavy (non-hydrogen) atoms. The van der Waals surface area contributed by atoms with Gasteiger partial charge in [-0.1, -0.05) is 23.7 Å². The lowest BCUT2D eigenvalue weighted by molar-refractivity contribution is -0.119. The molecule has 0 saturated carbocycles. The minimum absolute atomic E-state index is 0.0248. The van der Waals surface area contributed by atoms with Crippen LogP contribution in [0.2, 0.25) is 5.02 Å². The molecule has 0 heterocycles. The molecule has 1 rings (SSSR count). The van der Waals surface area contributed by atoms with Gasteiger partial charge in [0.05, 0.1) is 0 Å². The minimum Gasteiger partial charge on any atom is -0.370 e. The molecule has 0 aromatic heterocycles. The van der Waals surface area contributed by atoms with Crippen LogP contribution in [-0.4, -0.2) is 30.4 Å². The van der Waals surface area contributed by atoms with Crippen LogP contribution in [0.4, 0.5) is 0 Å². The fourth-order valence-electron chi connectivity index (χ4n) is 1.66. The zero-order valence-corrected chi connectivity index (χ0v) is 10.7. The highest BCUT2D eigenvalue weighted by Gasteiger charge is 2.15. The number of carbonyl (C=O) groups excluding carboxylic acids is 1. The summed E-state index contributed by atoms with van der Waals surface area (Å²) in [6.07, 6.45) is 0.278. The van der Waals surface area contributed by atoms with Crippen molar-refractivity contribution in [3.63, 3.8) is 0 Å². The third kappa shape index (κ3) is 4.73. The van der Waals surface area contributed by atoms with E-state index in [1.807, 2.05) is 36.2 Å². The van der Waals surface area contributed by atoms with Gasteiger partial charge >= 0.3 is 0 Å². The van der Waals surface area contributed by atoms with Crippen molar-refractivity contribution >= 4 is 17.5 Å². The first kappa shape index (κ1) is 14.0. The van der Waals surface area contributed by atoms with Crippen LogP contribution < -0.4 is 11.5 Å². The number of hydrogen-bond donors (Lipinski definition) is 2. The van der Waals surface area contributed by atoms with E-state index in [0.717, 1.165) is 5.56 Å². The number of amides is 1. The van der Waals surface area contributed by atoms with Crippen LogP contribution in [0.3, 0.4) is 0 Å². The average molecular weight is 256 g/mol. The van der Waals surface area contributed by atoms with Crippen molar-refractivity contribution in [2.45, 2.75) is 19.0 Å². The SMILES string of the molecule is CN(Cc1ccc(Cl)cc1)C(CN)CC(N)=O. The fourth-order valence-corrected chi connectivity index (χ4v) is 1.78. The van der Waals surface area contributed by atoms with E-state index in [2.05, 4.69) is 0 Å². The maximum absolute atomic E-state index is 10.9. The standard InChI is InChI=1S/C12H18ClN3O/c1-16(11(7-14)6-12(15)17)8-9-2-4-10(13)5-3-9/h2-5,11H,6-8,14H2,1H3,(H2,15,17). The number of halogens is 1. The number of nitrogens with two attached hydrogens (primary N) is 2. The lowest BCUT2D eigenvalue weighted by Gasteiger charge is -2.25. The van der Waals surface area contributed by atoms with Gasteiger partial charge in [0.25, 0.3) is 0 Å². The Kier molecular flexibility index (Phi) is 5.41. The van der Waals surface area contributed by atoms with E-state index in [9.17, 15) is 4.79 Å².